The van der Waals surface area contributed by atoms with Crippen molar-refractivity contribution >= 4 is 15.9 Å². The molecule has 0 bridgehead atoms. The Morgan fingerprint density at radius 1 is 1.56 bits per heavy atom. The predicted octanol–water partition coefficient (Wildman–Crippen LogP) is 2.83. The molecule has 16 heavy (non-hydrogen) atoms. The average Bonchev–Trinajstić information content (AvgIpc) is 2.27. The average molecular weight is 283 g/mol. The minimum Gasteiger partial charge on any atom is -0.490 e. The minimum atomic E-state index is -0.361. The van der Waals surface area contributed by atoms with E-state index < -0.39 is 0 Å². The van der Waals surface area contributed by atoms with E-state index >= 15 is 0 Å². The van der Waals surface area contributed by atoms with E-state index in [1.165, 1.54) is 0 Å². The second kappa shape index (κ2) is 5.33. The van der Waals surface area contributed by atoms with Crippen LogP contribution in [0, 0.1) is 11.3 Å². The topological polar surface area (TPSA) is 59.0 Å². The van der Waals surface area contributed by atoms with E-state index in [1.54, 1.807) is 12.1 Å². The van der Waals surface area contributed by atoms with Gasteiger partial charge in [0.05, 0.1) is 5.56 Å². The van der Waals surface area contributed by atoms with Gasteiger partial charge in [-0.15, -0.1) is 0 Å². The molecule has 0 aliphatic carbocycles. The van der Waals surface area contributed by atoms with Gasteiger partial charge >= 0.3 is 0 Å². The first-order chi connectivity index (χ1) is 7.48. The van der Waals surface area contributed by atoms with Gasteiger partial charge < -0.3 is 10.5 Å². The van der Waals surface area contributed by atoms with Gasteiger partial charge in [-0.1, -0.05) is 22.9 Å². The Bertz CT molecular complexity index is 410. The van der Waals surface area contributed by atoms with Crippen molar-refractivity contribution in [3.05, 3.63) is 28.2 Å². The maximum Gasteiger partial charge on any atom is 0.137 e. The fourth-order valence-corrected chi connectivity index (χ4v) is 1.42. The highest BCUT2D eigenvalue weighted by atomic mass is 79.9. The molecule has 0 saturated carbocycles. The maximum atomic E-state index is 8.95. The summed E-state index contributed by atoms with van der Waals surface area (Å²) in [4.78, 5) is 0. The van der Waals surface area contributed by atoms with Crippen LogP contribution in [-0.4, -0.2) is 12.1 Å². The van der Waals surface area contributed by atoms with Gasteiger partial charge in [-0.2, -0.15) is 5.26 Å². The molecular weight excluding hydrogens is 268 g/mol. The molecule has 2 N–H and O–H groups in total. The standard InChI is InChI=1S/C12H15BrN2O/c1-3-12(2,15)8-16-11-5-4-10(13)6-9(11)7-14/h4-6H,3,8,15H2,1-2H3. The number of halogens is 1. The van der Waals surface area contributed by atoms with Crippen molar-refractivity contribution in [3.63, 3.8) is 0 Å². The number of nitrogens with zero attached hydrogens (tertiary/aromatic N) is 1. The maximum absolute atomic E-state index is 8.95. The van der Waals surface area contributed by atoms with E-state index in [1.807, 2.05) is 19.9 Å². The van der Waals surface area contributed by atoms with Gasteiger partial charge in [0.15, 0.2) is 0 Å². The summed E-state index contributed by atoms with van der Waals surface area (Å²) < 4.78 is 6.43. The summed E-state index contributed by atoms with van der Waals surface area (Å²) >= 11 is 3.31. The van der Waals surface area contributed by atoms with Crippen LogP contribution in [0.5, 0.6) is 5.75 Å². The molecule has 0 aliphatic rings. The monoisotopic (exact) mass is 282 g/mol. The summed E-state index contributed by atoms with van der Waals surface area (Å²) in [6.45, 7) is 4.34. The SMILES string of the molecule is CCC(C)(N)COc1ccc(Br)cc1C#N. The smallest absolute Gasteiger partial charge is 0.137 e. The molecular formula is C12H15BrN2O. The van der Waals surface area contributed by atoms with E-state index in [4.69, 9.17) is 15.7 Å². The largest absolute Gasteiger partial charge is 0.490 e. The number of hydrogen-bond acceptors (Lipinski definition) is 3. The van der Waals surface area contributed by atoms with E-state index in [-0.39, 0.29) is 5.54 Å². The second-order valence-electron chi connectivity index (χ2n) is 4.05. The fraction of sp³-hybridized carbons (Fsp3) is 0.417. The molecule has 0 amide bonds. The van der Waals surface area contributed by atoms with Crippen LogP contribution < -0.4 is 10.5 Å². The van der Waals surface area contributed by atoms with Crippen LogP contribution in [0.3, 0.4) is 0 Å². The Balaban J connectivity index is 2.79. The molecule has 1 aromatic carbocycles. The van der Waals surface area contributed by atoms with Gasteiger partial charge in [-0.3, -0.25) is 0 Å². The third kappa shape index (κ3) is 3.51. The Hall–Kier alpha value is -1.05. The Labute approximate surface area is 104 Å². The molecule has 1 rings (SSSR count). The highest BCUT2D eigenvalue weighted by Gasteiger charge is 2.17. The van der Waals surface area contributed by atoms with Crippen molar-refractivity contribution < 1.29 is 4.74 Å². The zero-order valence-electron chi connectivity index (χ0n) is 9.46. The number of rotatable bonds is 4. The highest BCUT2D eigenvalue weighted by molar-refractivity contribution is 9.10. The van der Waals surface area contributed by atoms with E-state index in [2.05, 4.69) is 22.0 Å². The lowest BCUT2D eigenvalue weighted by molar-refractivity contribution is 0.225. The first-order valence-corrected chi connectivity index (χ1v) is 5.89. The van der Waals surface area contributed by atoms with Crippen molar-refractivity contribution in [1.82, 2.24) is 0 Å². The van der Waals surface area contributed by atoms with Gasteiger partial charge in [-0.25, -0.2) is 0 Å². The molecule has 86 valence electrons. The summed E-state index contributed by atoms with van der Waals surface area (Å²) in [6, 6.07) is 7.44. The fourth-order valence-electron chi connectivity index (χ4n) is 1.06. The minimum absolute atomic E-state index is 0.361. The molecule has 1 atom stereocenters. The summed E-state index contributed by atoms with van der Waals surface area (Å²) in [5.74, 6) is 0.579. The lowest BCUT2D eigenvalue weighted by atomic mass is 10.0. The lowest BCUT2D eigenvalue weighted by Gasteiger charge is -2.23. The Morgan fingerprint density at radius 2 is 2.25 bits per heavy atom. The number of ether oxygens (including phenoxy) is 1. The van der Waals surface area contributed by atoms with Crippen LogP contribution in [0.1, 0.15) is 25.8 Å². The number of nitriles is 1. The summed E-state index contributed by atoms with van der Waals surface area (Å²) in [6.07, 6.45) is 0.825. The first-order valence-electron chi connectivity index (χ1n) is 5.10. The molecule has 1 unspecified atom stereocenters. The van der Waals surface area contributed by atoms with Crippen LogP contribution in [-0.2, 0) is 0 Å². The van der Waals surface area contributed by atoms with Crippen molar-refractivity contribution in [3.8, 4) is 11.8 Å². The normalized spacial score (nSPS) is 13.9. The second-order valence-corrected chi connectivity index (χ2v) is 4.96. The number of benzene rings is 1. The predicted molar refractivity (Wildman–Crippen MR) is 67.2 cm³/mol. The molecule has 0 aromatic heterocycles. The molecule has 4 heteroatoms. The molecule has 0 aliphatic heterocycles. The third-order valence-electron chi connectivity index (χ3n) is 2.43. The molecule has 3 nitrogen and oxygen atoms in total. The molecule has 0 saturated heterocycles. The molecule has 0 heterocycles. The van der Waals surface area contributed by atoms with E-state index in [9.17, 15) is 0 Å². The van der Waals surface area contributed by atoms with Gasteiger partial charge in [0.2, 0.25) is 0 Å². The van der Waals surface area contributed by atoms with E-state index in [0.29, 0.717) is 17.9 Å². The molecule has 1 aromatic rings. The quantitative estimate of drug-likeness (QED) is 0.924. The summed E-state index contributed by atoms with van der Waals surface area (Å²) in [5, 5.41) is 8.95. The van der Waals surface area contributed by atoms with Crippen molar-refractivity contribution in [2.24, 2.45) is 5.73 Å². The Morgan fingerprint density at radius 3 is 2.81 bits per heavy atom. The molecule has 0 radical (unpaired) electrons. The van der Waals surface area contributed by atoms with Gasteiger partial charge in [-0.05, 0) is 31.5 Å². The molecule has 0 fully saturated rings. The summed E-state index contributed by atoms with van der Waals surface area (Å²) in [5.41, 5.74) is 6.12. The van der Waals surface area contributed by atoms with Crippen LogP contribution in [0.2, 0.25) is 0 Å². The third-order valence-corrected chi connectivity index (χ3v) is 2.92. The van der Waals surface area contributed by atoms with Gasteiger partial charge in [0, 0.05) is 10.0 Å². The van der Waals surface area contributed by atoms with Crippen molar-refractivity contribution in [2.45, 2.75) is 25.8 Å². The van der Waals surface area contributed by atoms with Crippen LogP contribution >= 0.6 is 15.9 Å². The molecule has 0 spiro atoms. The summed E-state index contributed by atoms with van der Waals surface area (Å²) in [7, 11) is 0. The zero-order valence-corrected chi connectivity index (χ0v) is 11.0. The van der Waals surface area contributed by atoms with Gasteiger partial charge in [0.1, 0.15) is 18.4 Å². The first kappa shape index (κ1) is 13.0. The highest BCUT2D eigenvalue weighted by Crippen LogP contribution is 2.23. The van der Waals surface area contributed by atoms with Crippen LogP contribution in [0.4, 0.5) is 0 Å². The number of nitrogens with two attached hydrogens (primary N) is 1. The van der Waals surface area contributed by atoms with Crippen molar-refractivity contribution in [2.75, 3.05) is 6.61 Å². The van der Waals surface area contributed by atoms with Crippen molar-refractivity contribution in [1.29, 1.82) is 5.26 Å². The van der Waals surface area contributed by atoms with Crippen LogP contribution in [0.15, 0.2) is 22.7 Å². The van der Waals surface area contributed by atoms with Gasteiger partial charge in [0.25, 0.3) is 0 Å². The van der Waals surface area contributed by atoms with Crippen LogP contribution in [0.25, 0.3) is 0 Å². The van der Waals surface area contributed by atoms with E-state index in [0.717, 1.165) is 10.9 Å². The lowest BCUT2D eigenvalue weighted by Crippen LogP contribution is -2.41. The Kier molecular flexibility index (Phi) is 4.34. The zero-order chi connectivity index (χ0) is 12.2. The number of hydrogen-bond donors (Lipinski definition) is 1.